The lowest BCUT2D eigenvalue weighted by atomic mass is 10.2. The highest BCUT2D eigenvalue weighted by Crippen LogP contribution is 2.42. The van der Waals surface area contributed by atoms with E-state index in [2.05, 4.69) is 22.3 Å². The molecule has 0 radical (unpaired) electrons. The van der Waals surface area contributed by atoms with E-state index in [0.29, 0.717) is 0 Å². The molecule has 1 amide bonds. The number of thioether (sulfide) groups is 1. The Kier molecular flexibility index (Phi) is 5.46. The Labute approximate surface area is 142 Å². The first-order valence-corrected chi connectivity index (χ1v) is 9.16. The lowest BCUT2D eigenvalue weighted by molar-refractivity contribution is -0.130. The van der Waals surface area contributed by atoms with Gasteiger partial charge in [-0.05, 0) is 24.6 Å². The van der Waals surface area contributed by atoms with Crippen LogP contribution < -0.4 is 10.1 Å². The van der Waals surface area contributed by atoms with E-state index < -0.39 is 0 Å². The molecule has 126 valence electrons. The number of piperazine rings is 1. The fourth-order valence-corrected chi connectivity index (χ4v) is 4.42. The molecule has 2 fully saturated rings. The lowest BCUT2D eigenvalue weighted by Crippen LogP contribution is -2.46. The van der Waals surface area contributed by atoms with Crippen LogP contribution in [0.2, 0.25) is 0 Å². The third-order valence-corrected chi connectivity index (χ3v) is 5.91. The predicted octanol–water partition coefficient (Wildman–Crippen LogP) is 1.56. The van der Waals surface area contributed by atoms with Gasteiger partial charge in [-0.2, -0.15) is 0 Å². The maximum atomic E-state index is 12.5. The number of hydrogen-bond acceptors (Lipinski definition) is 5. The van der Waals surface area contributed by atoms with E-state index in [9.17, 15) is 4.79 Å². The maximum Gasteiger partial charge on any atom is 0.236 e. The molecule has 0 aromatic heterocycles. The van der Waals surface area contributed by atoms with Crippen molar-refractivity contribution in [3.8, 4) is 5.75 Å². The van der Waals surface area contributed by atoms with Gasteiger partial charge in [0.05, 0.1) is 12.4 Å². The van der Waals surface area contributed by atoms with Crippen molar-refractivity contribution < 1.29 is 9.53 Å². The monoisotopic (exact) mass is 335 g/mol. The molecule has 6 heteroatoms. The van der Waals surface area contributed by atoms with E-state index in [0.717, 1.165) is 45.0 Å². The van der Waals surface area contributed by atoms with Crippen molar-refractivity contribution in [2.75, 3.05) is 46.4 Å². The Morgan fingerprint density at radius 1 is 1.22 bits per heavy atom. The normalized spacial score (nSPS) is 25.8. The lowest BCUT2D eigenvalue weighted by Gasteiger charge is -2.31. The van der Waals surface area contributed by atoms with Crippen LogP contribution in [0.4, 0.5) is 0 Å². The third-order valence-electron chi connectivity index (χ3n) is 4.51. The fourth-order valence-electron chi connectivity index (χ4n) is 3.11. The van der Waals surface area contributed by atoms with Crippen LogP contribution in [-0.4, -0.2) is 67.3 Å². The number of carbonyl (C=O) groups excluding carboxylic acids is 1. The zero-order valence-electron chi connectivity index (χ0n) is 13.8. The van der Waals surface area contributed by atoms with Crippen molar-refractivity contribution >= 4 is 17.7 Å². The summed E-state index contributed by atoms with van der Waals surface area (Å²) in [6, 6.07) is 8.08. The first-order valence-electron chi connectivity index (χ1n) is 8.22. The quantitative estimate of drug-likeness (QED) is 0.885. The van der Waals surface area contributed by atoms with Gasteiger partial charge < -0.3 is 15.0 Å². The number of hydrogen-bond donors (Lipinski definition) is 1. The van der Waals surface area contributed by atoms with Crippen molar-refractivity contribution in [2.24, 2.45) is 0 Å². The van der Waals surface area contributed by atoms with Gasteiger partial charge in [-0.3, -0.25) is 9.69 Å². The summed E-state index contributed by atoms with van der Waals surface area (Å²) in [4.78, 5) is 17.0. The Morgan fingerprint density at radius 3 is 2.57 bits per heavy atom. The van der Waals surface area contributed by atoms with Crippen LogP contribution in [0.5, 0.6) is 5.75 Å². The highest BCUT2D eigenvalue weighted by atomic mass is 32.2. The van der Waals surface area contributed by atoms with Crippen LogP contribution in [0.1, 0.15) is 17.9 Å². The van der Waals surface area contributed by atoms with Crippen molar-refractivity contribution in [1.82, 2.24) is 15.1 Å². The summed E-state index contributed by atoms with van der Waals surface area (Å²) < 4.78 is 5.23. The van der Waals surface area contributed by atoms with Crippen LogP contribution in [0, 0.1) is 0 Å². The number of carbonyl (C=O) groups is 1. The van der Waals surface area contributed by atoms with Gasteiger partial charge in [0, 0.05) is 39.3 Å². The highest BCUT2D eigenvalue weighted by Gasteiger charge is 2.38. The Balaban J connectivity index is 1.67. The van der Waals surface area contributed by atoms with Crippen molar-refractivity contribution in [3.63, 3.8) is 0 Å². The number of nitrogens with one attached hydrogen (secondary N) is 1. The van der Waals surface area contributed by atoms with Gasteiger partial charge in [0.1, 0.15) is 11.1 Å². The van der Waals surface area contributed by atoms with E-state index in [1.165, 1.54) is 5.56 Å². The van der Waals surface area contributed by atoms with E-state index in [1.54, 1.807) is 18.9 Å². The summed E-state index contributed by atoms with van der Waals surface area (Å²) in [6.07, 6.45) is 0. The molecule has 5 nitrogen and oxygen atoms in total. The van der Waals surface area contributed by atoms with E-state index in [-0.39, 0.29) is 16.5 Å². The molecule has 2 heterocycles. The topological polar surface area (TPSA) is 44.8 Å². The minimum atomic E-state index is 0.0325. The van der Waals surface area contributed by atoms with Crippen LogP contribution in [0.25, 0.3) is 0 Å². The van der Waals surface area contributed by atoms with Crippen molar-refractivity contribution in [1.29, 1.82) is 0 Å². The Hall–Kier alpha value is -1.24. The second kappa shape index (κ2) is 7.55. The molecule has 23 heavy (non-hydrogen) atoms. The summed E-state index contributed by atoms with van der Waals surface area (Å²) in [5, 5.41) is 3.52. The summed E-state index contributed by atoms with van der Waals surface area (Å²) in [5.41, 5.74) is 1.17. The Bertz CT molecular complexity index is 531. The molecule has 1 N–H and O–H groups in total. The number of benzene rings is 1. The number of ether oxygens (including phenoxy) is 1. The number of nitrogens with zero attached hydrogens (tertiary/aromatic N) is 2. The van der Waals surface area contributed by atoms with Gasteiger partial charge >= 0.3 is 0 Å². The molecule has 0 saturated carbocycles. The molecule has 0 aliphatic carbocycles. The predicted molar refractivity (Wildman–Crippen MR) is 93.8 cm³/mol. The standard InChI is InChI=1S/C17H25N3O2S/c1-13-16(21)20(12-11-19-9-7-18-8-10-19)17(23-13)14-3-5-15(22-2)6-4-14/h3-6,13,17-18H,7-12H2,1-2H3. The van der Waals surface area contributed by atoms with Crippen LogP contribution in [0.3, 0.4) is 0 Å². The average molecular weight is 335 g/mol. The minimum absolute atomic E-state index is 0.0325. The van der Waals surface area contributed by atoms with Gasteiger partial charge in [0.25, 0.3) is 0 Å². The van der Waals surface area contributed by atoms with E-state index >= 15 is 0 Å². The van der Waals surface area contributed by atoms with E-state index in [4.69, 9.17) is 4.74 Å². The molecule has 1 aromatic rings. The summed E-state index contributed by atoms with van der Waals surface area (Å²) in [6.45, 7) is 7.98. The van der Waals surface area contributed by atoms with Gasteiger partial charge in [-0.15, -0.1) is 11.8 Å². The van der Waals surface area contributed by atoms with Gasteiger partial charge in [-0.1, -0.05) is 12.1 Å². The van der Waals surface area contributed by atoms with Gasteiger partial charge in [0.15, 0.2) is 0 Å². The number of amides is 1. The summed E-state index contributed by atoms with van der Waals surface area (Å²) >= 11 is 1.74. The highest BCUT2D eigenvalue weighted by molar-refractivity contribution is 8.01. The molecule has 2 unspecified atom stereocenters. The van der Waals surface area contributed by atoms with Crippen molar-refractivity contribution in [3.05, 3.63) is 29.8 Å². The maximum absolute atomic E-state index is 12.5. The SMILES string of the molecule is COc1ccc(C2SC(C)C(=O)N2CCN2CCNCC2)cc1. The first-order chi connectivity index (χ1) is 11.2. The largest absolute Gasteiger partial charge is 0.497 e. The molecule has 2 aliphatic rings. The number of methoxy groups -OCH3 is 1. The molecule has 0 spiro atoms. The van der Waals surface area contributed by atoms with Gasteiger partial charge in [-0.25, -0.2) is 0 Å². The zero-order chi connectivity index (χ0) is 16.2. The smallest absolute Gasteiger partial charge is 0.236 e. The van der Waals surface area contributed by atoms with Crippen LogP contribution >= 0.6 is 11.8 Å². The van der Waals surface area contributed by atoms with Crippen LogP contribution in [-0.2, 0) is 4.79 Å². The molecular formula is C17H25N3O2S. The fraction of sp³-hybridized carbons (Fsp3) is 0.588. The molecule has 0 bridgehead atoms. The zero-order valence-corrected chi connectivity index (χ0v) is 14.6. The first kappa shape index (κ1) is 16.6. The molecular weight excluding hydrogens is 310 g/mol. The Morgan fingerprint density at radius 2 is 1.91 bits per heavy atom. The molecule has 2 atom stereocenters. The molecule has 2 aliphatic heterocycles. The van der Waals surface area contributed by atoms with Crippen LogP contribution in [0.15, 0.2) is 24.3 Å². The molecule has 3 rings (SSSR count). The molecule has 1 aromatic carbocycles. The minimum Gasteiger partial charge on any atom is -0.497 e. The number of rotatable bonds is 5. The summed E-state index contributed by atoms with van der Waals surface area (Å²) in [5.74, 6) is 1.11. The molecule has 2 saturated heterocycles. The van der Waals surface area contributed by atoms with E-state index in [1.807, 2.05) is 24.0 Å². The van der Waals surface area contributed by atoms with Gasteiger partial charge in [0.2, 0.25) is 5.91 Å². The second-order valence-corrected chi connectivity index (χ2v) is 7.45. The summed E-state index contributed by atoms with van der Waals surface area (Å²) in [7, 11) is 1.67. The third kappa shape index (κ3) is 3.82. The second-order valence-electron chi connectivity index (χ2n) is 6.03. The van der Waals surface area contributed by atoms with Crippen molar-refractivity contribution in [2.45, 2.75) is 17.5 Å². The average Bonchev–Trinajstić information content (AvgIpc) is 2.89.